The fraction of sp³-hybridized carbons (Fsp3) is 0.435. The minimum atomic E-state index is -4.39. The summed E-state index contributed by atoms with van der Waals surface area (Å²) in [6.45, 7) is 5.24. The number of rotatable bonds is 7. The average Bonchev–Trinajstić information content (AvgIpc) is 3.11. The Morgan fingerprint density at radius 2 is 1.94 bits per heavy atom. The molecule has 0 aliphatic carbocycles. The van der Waals surface area contributed by atoms with E-state index in [4.69, 9.17) is 14.8 Å². The van der Waals surface area contributed by atoms with Crippen molar-refractivity contribution in [3.8, 4) is 0 Å². The maximum absolute atomic E-state index is 13.4. The Labute approximate surface area is 184 Å². The zero-order valence-corrected chi connectivity index (χ0v) is 18.0. The lowest BCUT2D eigenvalue weighted by Gasteiger charge is -2.28. The Balaban J connectivity index is 1.75. The molecule has 6 nitrogen and oxygen atoms in total. The van der Waals surface area contributed by atoms with Crippen LogP contribution in [0, 0.1) is 6.92 Å². The third kappa shape index (κ3) is 4.74. The number of morpholine rings is 1. The number of pyridine rings is 1. The van der Waals surface area contributed by atoms with Gasteiger partial charge < -0.3 is 24.5 Å². The standard InChI is InChI=1S/C23H27F3N4O2/c1-16-17(3-2-4-19(16)23(24,25)26)13-21-20(14-27-7-10-31)28-22-6-5-18(15-30(21)22)29-8-11-32-12-9-29/h2-6,15,27,31H,7-14H2,1H3. The van der Waals surface area contributed by atoms with E-state index in [-0.39, 0.29) is 12.2 Å². The van der Waals surface area contributed by atoms with Crippen LogP contribution in [0.25, 0.3) is 5.65 Å². The van der Waals surface area contributed by atoms with E-state index < -0.39 is 11.7 Å². The van der Waals surface area contributed by atoms with E-state index in [1.165, 1.54) is 13.0 Å². The highest BCUT2D eigenvalue weighted by molar-refractivity contribution is 5.55. The summed E-state index contributed by atoms with van der Waals surface area (Å²) < 4.78 is 47.7. The van der Waals surface area contributed by atoms with Crippen LogP contribution in [0.4, 0.5) is 18.9 Å². The van der Waals surface area contributed by atoms with Gasteiger partial charge >= 0.3 is 6.18 Å². The number of aliphatic hydroxyl groups is 1. The van der Waals surface area contributed by atoms with E-state index in [1.54, 1.807) is 6.07 Å². The van der Waals surface area contributed by atoms with Crippen LogP contribution in [0.15, 0.2) is 36.5 Å². The van der Waals surface area contributed by atoms with Crippen LogP contribution in [0.1, 0.15) is 28.1 Å². The predicted octanol–water partition coefficient (Wildman–Crippen LogP) is 3.17. The van der Waals surface area contributed by atoms with Gasteiger partial charge in [0, 0.05) is 38.8 Å². The Bertz CT molecular complexity index is 1080. The van der Waals surface area contributed by atoms with Crippen LogP contribution in [0.5, 0.6) is 0 Å². The highest BCUT2D eigenvalue weighted by Gasteiger charge is 2.33. The molecule has 1 saturated heterocycles. The van der Waals surface area contributed by atoms with Gasteiger partial charge in [-0.05, 0) is 36.2 Å². The largest absolute Gasteiger partial charge is 0.416 e. The number of aliphatic hydroxyl groups excluding tert-OH is 1. The number of benzene rings is 1. The van der Waals surface area contributed by atoms with E-state index in [1.807, 2.05) is 22.7 Å². The molecule has 0 radical (unpaired) electrons. The number of nitrogens with zero attached hydrogens (tertiary/aromatic N) is 3. The SMILES string of the molecule is Cc1c(Cc2c(CNCCO)nc3ccc(N4CCOCC4)cn23)cccc1C(F)(F)F. The van der Waals surface area contributed by atoms with Gasteiger partial charge in [-0.2, -0.15) is 13.2 Å². The third-order valence-corrected chi connectivity index (χ3v) is 5.85. The molecule has 3 aromatic rings. The molecule has 9 heteroatoms. The first-order valence-electron chi connectivity index (χ1n) is 10.7. The van der Waals surface area contributed by atoms with Crippen molar-refractivity contribution in [2.45, 2.75) is 26.1 Å². The van der Waals surface area contributed by atoms with Gasteiger partial charge in [-0.1, -0.05) is 12.1 Å². The van der Waals surface area contributed by atoms with Crippen molar-refractivity contribution in [1.29, 1.82) is 0 Å². The first-order chi connectivity index (χ1) is 15.4. The van der Waals surface area contributed by atoms with Gasteiger partial charge in [0.2, 0.25) is 0 Å². The number of ether oxygens (including phenoxy) is 1. The van der Waals surface area contributed by atoms with Crippen molar-refractivity contribution >= 4 is 11.3 Å². The molecule has 4 rings (SSSR count). The minimum absolute atomic E-state index is 0.00335. The second-order valence-corrected chi connectivity index (χ2v) is 7.88. The summed E-state index contributed by atoms with van der Waals surface area (Å²) in [5, 5.41) is 12.2. The van der Waals surface area contributed by atoms with E-state index in [2.05, 4.69) is 10.2 Å². The molecule has 1 aromatic carbocycles. The van der Waals surface area contributed by atoms with Crippen molar-refractivity contribution < 1.29 is 23.0 Å². The molecule has 3 heterocycles. The number of hydrogen-bond donors (Lipinski definition) is 2. The zero-order chi connectivity index (χ0) is 22.7. The molecule has 32 heavy (non-hydrogen) atoms. The first-order valence-corrected chi connectivity index (χ1v) is 10.7. The molecule has 0 amide bonds. The summed E-state index contributed by atoms with van der Waals surface area (Å²) in [5.41, 5.74) is 3.59. The number of alkyl halides is 3. The predicted molar refractivity (Wildman–Crippen MR) is 116 cm³/mol. The molecule has 0 bridgehead atoms. The molecule has 172 valence electrons. The summed E-state index contributed by atoms with van der Waals surface area (Å²) in [7, 11) is 0. The van der Waals surface area contributed by atoms with Gasteiger partial charge in [-0.3, -0.25) is 0 Å². The Hall–Kier alpha value is -2.62. The minimum Gasteiger partial charge on any atom is -0.395 e. The summed E-state index contributed by atoms with van der Waals surface area (Å²) in [6.07, 6.45) is -2.07. The van der Waals surface area contributed by atoms with E-state index in [0.717, 1.165) is 41.9 Å². The number of nitrogens with one attached hydrogen (secondary N) is 1. The maximum atomic E-state index is 13.4. The van der Waals surface area contributed by atoms with Crippen LogP contribution in [0.3, 0.4) is 0 Å². The van der Waals surface area contributed by atoms with Gasteiger partial charge in [0.1, 0.15) is 5.65 Å². The monoisotopic (exact) mass is 448 g/mol. The second-order valence-electron chi connectivity index (χ2n) is 7.88. The van der Waals surface area contributed by atoms with Gasteiger partial charge in [-0.15, -0.1) is 0 Å². The van der Waals surface area contributed by atoms with Crippen molar-refractivity contribution in [2.24, 2.45) is 0 Å². The fourth-order valence-corrected chi connectivity index (χ4v) is 4.12. The van der Waals surface area contributed by atoms with E-state index in [0.29, 0.717) is 38.3 Å². The maximum Gasteiger partial charge on any atom is 0.416 e. The third-order valence-electron chi connectivity index (χ3n) is 5.85. The average molecular weight is 448 g/mol. The topological polar surface area (TPSA) is 62.0 Å². The summed E-state index contributed by atoms with van der Waals surface area (Å²) in [6, 6.07) is 8.26. The van der Waals surface area contributed by atoms with E-state index in [9.17, 15) is 13.2 Å². The summed E-state index contributed by atoms with van der Waals surface area (Å²) in [4.78, 5) is 6.95. The molecule has 0 unspecified atom stereocenters. The smallest absolute Gasteiger partial charge is 0.395 e. The van der Waals surface area contributed by atoms with Gasteiger partial charge in [0.25, 0.3) is 0 Å². The van der Waals surface area contributed by atoms with Gasteiger partial charge in [0.05, 0.1) is 42.5 Å². The number of aromatic nitrogens is 2. The lowest BCUT2D eigenvalue weighted by atomic mass is 9.98. The van der Waals surface area contributed by atoms with Crippen LogP contribution < -0.4 is 10.2 Å². The molecule has 2 N–H and O–H groups in total. The lowest BCUT2D eigenvalue weighted by Crippen LogP contribution is -2.36. The van der Waals surface area contributed by atoms with E-state index >= 15 is 0 Å². The van der Waals surface area contributed by atoms with Crippen LogP contribution in [-0.2, 0) is 23.9 Å². The zero-order valence-electron chi connectivity index (χ0n) is 18.0. The fourth-order valence-electron chi connectivity index (χ4n) is 4.12. The molecule has 1 fully saturated rings. The molecule has 0 atom stereocenters. The number of imidazole rings is 1. The molecule has 1 aliphatic rings. The van der Waals surface area contributed by atoms with Gasteiger partial charge in [0.15, 0.2) is 0 Å². The molecule has 2 aromatic heterocycles. The Morgan fingerprint density at radius 1 is 1.16 bits per heavy atom. The van der Waals surface area contributed by atoms with Crippen molar-refractivity contribution in [3.63, 3.8) is 0 Å². The van der Waals surface area contributed by atoms with Crippen molar-refractivity contribution in [2.75, 3.05) is 44.4 Å². The normalized spacial score (nSPS) is 15.0. The summed E-state index contributed by atoms with van der Waals surface area (Å²) >= 11 is 0. The second kappa shape index (κ2) is 9.48. The highest BCUT2D eigenvalue weighted by atomic mass is 19.4. The van der Waals surface area contributed by atoms with Gasteiger partial charge in [-0.25, -0.2) is 4.98 Å². The quantitative estimate of drug-likeness (QED) is 0.544. The Morgan fingerprint density at radius 3 is 2.66 bits per heavy atom. The Kier molecular flexibility index (Phi) is 6.68. The van der Waals surface area contributed by atoms with Crippen LogP contribution in [-0.4, -0.2) is 53.9 Å². The first kappa shape index (κ1) is 22.6. The number of fused-ring (bicyclic) bond motifs is 1. The summed E-state index contributed by atoms with van der Waals surface area (Å²) in [5.74, 6) is 0. The number of halogens is 3. The van der Waals surface area contributed by atoms with Crippen LogP contribution in [0.2, 0.25) is 0 Å². The molecular formula is C23H27F3N4O2. The lowest BCUT2D eigenvalue weighted by molar-refractivity contribution is -0.138. The molecule has 0 saturated carbocycles. The van der Waals surface area contributed by atoms with Crippen molar-refractivity contribution in [1.82, 2.24) is 14.7 Å². The molecule has 1 aliphatic heterocycles. The molecule has 0 spiro atoms. The number of hydrogen-bond acceptors (Lipinski definition) is 5. The van der Waals surface area contributed by atoms with Crippen LogP contribution >= 0.6 is 0 Å². The number of anilines is 1. The van der Waals surface area contributed by atoms with Crippen molar-refractivity contribution in [3.05, 3.63) is 64.6 Å². The molecular weight excluding hydrogens is 421 g/mol. The highest BCUT2D eigenvalue weighted by Crippen LogP contribution is 2.34.